The van der Waals surface area contributed by atoms with Crippen molar-refractivity contribution >= 4 is 0 Å². The summed E-state index contributed by atoms with van der Waals surface area (Å²) in [7, 11) is 0. The van der Waals surface area contributed by atoms with Gasteiger partial charge in [0, 0.05) is 36.3 Å². The van der Waals surface area contributed by atoms with Crippen molar-refractivity contribution in [1.82, 2.24) is 9.80 Å². The van der Waals surface area contributed by atoms with Crippen molar-refractivity contribution in [3.05, 3.63) is 0 Å². The minimum atomic E-state index is -0.612. The minimum Gasteiger partial charge on any atom is -0.391 e. The lowest BCUT2D eigenvalue weighted by Gasteiger charge is -2.48. The van der Waals surface area contributed by atoms with Crippen LogP contribution in [0.4, 0.5) is 0 Å². The molecule has 10 heteroatoms. The zero-order chi connectivity index (χ0) is 35.2. The van der Waals surface area contributed by atoms with Crippen LogP contribution in [-0.4, -0.2) is 142 Å². The molecule has 5 aliphatic carbocycles. The van der Waals surface area contributed by atoms with Crippen molar-refractivity contribution in [1.29, 1.82) is 0 Å². The average molecular weight is 707 g/mol. The van der Waals surface area contributed by atoms with Gasteiger partial charge in [-0.05, 0) is 141 Å². The van der Waals surface area contributed by atoms with Gasteiger partial charge in [0.15, 0.2) is 0 Å². The Bertz CT molecular complexity index is 1090. The van der Waals surface area contributed by atoms with Crippen LogP contribution in [0.1, 0.15) is 118 Å². The Balaban J connectivity index is 0.958. The molecule has 0 radical (unpaired) electrons. The second-order valence-electron chi connectivity index (χ2n) is 18.7. The first-order valence-electron chi connectivity index (χ1n) is 20.6. The monoisotopic (exact) mass is 707 g/mol. The van der Waals surface area contributed by atoms with Crippen LogP contribution in [0.5, 0.6) is 0 Å². The molecule has 3 saturated heterocycles. The Morgan fingerprint density at radius 1 is 0.460 bits per heavy atom. The van der Waals surface area contributed by atoms with E-state index in [-0.39, 0.29) is 35.5 Å². The van der Waals surface area contributed by atoms with Crippen LogP contribution in [-0.2, 0) is 18.9 Å². The van der Waals surface area contributed by atoms with E-state index in [4.69, 9.17) is 18.9 Å². The number of aliphatic hydroxyl groups excluding tert-OH is 4. The quantitative estimate of drug-likeness (QED) is 0.315. The van der Waals surface area contributed by atoms with Crippen LogP contribution in [0.25, 0.3) is 0 Å². The van der Waals surface area contributed by atoms with Gasteiger partial charge in [-0.15, -0.1) is 0 Å². The molecule has 0 spiro atoms. The van der Waals surface area contributed by atoms with Crippen molar-refractivity contribution < 1.29 is 39.4 Å². The molecule has 0 aromatic heterocycles. The first kappa shape index (κ1) is 37.9. The lowest BCUT2D eigenvalue weighted by Crippen LogP contribution is -2.59. The summed E-state index contributed by atoms with van der Waals surface area (Å²) >= 11 is 0. The van der Waals surface area contributed by atoms with E-state index in [1.807, 2.05) is 0 Å². The maximum atomic E-state index is 11.3. The molecular formula is C40H70N2O8. The summed E-state index contributed by atoms with van der Waals surface area (Å²) in [5.74, 6) is 2.17. The van der Waals surface area contributed by atoms with E-state index in [0.717, 1.165) is 70.6 Å². The van der Waals surface area contributed by atoms with Gasteiger partial charge < -0.3 is 39.4 Å². The number of ether oxygens (including phenoxy) is 4. The van der Waals surface area contributed by atoms with Crippen LogP contribution in [0.3, 0.4) is 0 Å². The molecule has 3 aliphatic heterocycles. The van der Waals surface area contributed by atoms with Crippen LogP contribution >= 0.6 is 0 Å². The lowest BCUT2D eigenvalue weighted by molar-refractivity contribution is -0.122. The van der Waals surface area contributed by atoms with Gasteiger partial charge in [0.2, 0.25) is 0 Å². The molecule has 8 rings (SSSR count). The Morgan fingerprint density at radius 3 is 1.32 bits per heavy atom. The van der Waals surface area contributed by atoms with Crippen molar-refractivity contribution in [2.24, 2.45) is 23.7 Å². The zero-order valence-corrected chi connectivity index (χ0v) is 31.5. The second-order valence-corrected chi connectivity index (χ2v) is 18.7. The summed E-state index contributed by atoms with van der Waals surface area (Å²) in [4.78, 5) is 4.99. The molecule has 2 bridgehead atoms. The summed E-state index contributed by atoms with van der Waals surface area (Å²) in [6.07, 6.45) is 12.6. The predicted molar refractivity (Wildman–Crippen MR) is 191 cm³/mol. The number of hydrogen-bond donors (Lipinski definition) is 4. The van der Waals surface area contributed by atoms with Crippen molar-refractivity contribution in [2.75, 3.05) is 39.5 Å². The van der Waals surface area contributed by atoms with E-state index in [1.165, 1.54) is 6.42 Å². The van der Waals surface area contributed by atoms with Crippen LogP contribution in [0.2, 0.25) is 0 Å². The van der Waals surface area contributed by atoms with E-state index < -0.39 is 24.4 Å². The fourth-order valence-electron chi connectivity index (χ4n) is 10.4. The molecule has 8 fully saturated rings. The largest absolute Gasteiger partial charge is 0.391 e. The fraction of sp³-hybridized carbons (Fsp3) is 1.00. The Hall–Kier alpha value is -0.400. The smallest absolute Gasteiger partial charge is 0.0900 e. The first-order valence-corrected chi connectivity index (χ1v) is 20.6. The molecule has 3 heterocycles. The van der Waals surface area contributed by atoms with Crippen LogP contribution in [0, 0.1) is 23.7 Å². The highest BCUT2D eigenvalue weighted by atomic mass is 16.5. The number of aliphatic hydroxyl groups is 4. The molecule has 4 N–H and O–H groups in total. The lowest BCUT2D eigenvalue weighted by atomic mass is 9.69. The van der Waals surface area contributed by atoms with Gasteiger partial charge in [-0.25, -0.2) is 0 Å². The van der Waals surface area contributed by atoms with Gasteiger partial charge >= 0.3 is 0 Å². The topological polar surface area (TPSA) is 124 Å². The SMILES string of the molecule is CC1(C)N(C2CCC2N2CC(O)COC3CC(C3)CC3CCC3OCC(O)CCC(O)COC3CCC3CC3CCC3OCC(O)C2)C1(C)C. The van der Waals surface area contributed by atoms with Gasteiger partial charge in [-0.1, -0.05) is 0 Å². The number of fused-ring (bicyclic) bond motifs is 15. The molecule has 50 heavy (non-hydrogen) atoms. The summed E-state index contributed by atoms with van der Waals surface area (Å²) < 4.78 is 25.0. The first-order chi connectivity index (χ1) is 23.9. The third kappa shape index (κ3) is 8.30. The van der Waals surface area contributed by atoms with Crippen molar-refractivity contribution in [3.8, 4) is 0 Å². The Morgan fingerprint density at radius 2 is 0.900 bits per heavy atom. The molecule has 12 atom stereocenters. The summed E-state index contributed by atoms with van der Waals surface area (Å²) in [5.41, 5.74) is 0.302. The van der Waals surface area contributed by atoms with Gasteiger partial charge in [0.1, 0.15) is 0 Å². The Labute approximate surface area is 301 Å². The van der Waals surface area contributed by atoms with E-state index >= 15 is 0 Å². The maximum absolute atomic E-state index is 11.3. The average Bonchev–Trinajstić information content (AvgIpc) is 3.38. The maximum Gasteiger partial charge on any atom is 0.0900 e. The summed E-state index contributed by atoms with van der Waals surface area (Å²) in [6, 6.07) is 0.734. The highest BCUT2D eigenvalue weighted by Crippen LogP contribution is 2.56. The second kappa shape index (κ2) is 15.8. The van der Waals surface area contributed by atoms with Crippen LogP contribution in [0.15, 0.2) is 0 Å². The highest BCUT2D eigenvalue weighted by molar-refractivity contribution is 5.24. The van der Waals surface area contributed by atoms with Gasteiger partial charge in [-0.3, -0.25) is 9.80 Å². The summed E-state index contributed by atoms with van der Waals surface area (Å²) in [5, 5.41) is 43.8. The molecule has 0 aromatic carbocycles. The Kier molecular flexibility index (Phi) is 11.9. The zero-order valence-electron chi connectivity index (χ0n) is 31.5. The van der Waals surface area contributed by atoms with Gasteiger partial charge in [0.05, 0.1) is 75.3 Å². The molecule has 8 aliphatic rings. The molecular weight excluding hydrogens is 636 g/mol. The third-order valence-electron chi connectivity index (χ3n) is 14.9. The normalized spacial score (nSPS) is 48.2. The molecule has 0 amide bonds. The molecule has 0 aromatic rings. The number of rotatable bonds is 2. The van der Waals surface area contributed by atoms with Crippen molar-refractivity contribution in [2.45, 2.75) is 190 Å². The molecule has 5 saturated carbocycles. The van der Waals surface area contributed by atoms with E-state index in [2.05, 4.69) is 37.5 Å². The predicted octanol–water partition coefficient (Wildman–Crippen LogP) is 3.89. The minimum absolute atomic E-state index is 0.151. The van der Waals surface area contributed by atoms with E-state index in [0.29, 0.717) is 88.1 Å². The summed E-state index contributed by atoms with van der Waals surface area (Å²) in [6.45, 7) is 11.6. The fourth-order valence-corrected chi connectivity index (χ4v) is 10.4. The van der Waals surface area contributed by atoms with Gasteiger partial charge in [0.25, 0.3) is 0 Å². The number of nitrogens with zero attached hydrogens (tertiary/aromatic N) is 2. The van der Waals surface area contributed by atoms with Gasteiger partial charge in [-0.2, -0.15) is 0 Å². The highest BCUT2D eigenvalue weighted by Gasteiger charge is 2.67. The molecule has 12 unspecified atom stereocenters. The molecule has 288 valence electrons. The van der Waals surface area contributed by atoms with E-state index in [9.17, 15) is 20.4 Å². The van der Waals surface area contributed by atoms with Crippen molar-refractivity contribution in [3.63, 3.8) is 0 Å². The van der Waals surface area contributed by atoms with E-state index in [1.54, 1.807) is 0 Å². The number of hydrogen-bond acceptors (Lipinski definition) is 10. The van der Waals surface area contributed by atoms with Crippen LogP contribution < -0.4 is 0 Å². The third-order valence-corrected chi connectivity index (χ3v) is 14.9. The molecule has 10 nitrogen and oxygen atoms in total. The standard InChI is InChI=1S/C40H70N2O8/c1-39(2)40(3,4)42(39)35-11-10-34(35)41-19-31(45)23-47-33-16-25(17-33)15-26-5-12-36(26)48-21-29(43)8-9-30(44)22-49-37-13-6-27(37)18-28-7-14-38(28)50-24-32(46)20-41/h25-38,43-46H,5-24H2,1-4H3.